The van der Waals surface area contributed by atoms with Gasteiger partial charge in [0, 0.05) is 48.4 Å². The fourth-order valence-corrected chi connectivity index (χ4v) is 5.22. The summed E-state index contributed by atoms with van der Waals surface area (Å²) in [7, 11) is 0. The number of thioether (sulfide) groups is 1. The largest absolute Gasteiger partial charge is 0.375 e. The molecule has 0 radical (unpaired) electrons. The van der Waals surface area contributed by atoms with Gasteiger partial charge in [-0.05, 0) is 29.3 Å². The monoisotopic (exact) mass is 491 g/mol. The molecule has 0 unspecified atom stereocenters. The number of hydrogen-bond acceptors (Lipinski definition) is 6. The van der Waals surface area contributed by atoms with Crippen molar-refractivity contribution in [2.75, 3.05) is 25.4 Å². The zero-order chi connectivity index (χ0) is 23.2. The van der Waals surface area contributed by atoms with Crippen molar-refractivity contribution in [3.63, 3.8) is 0 Å². The van der Waals surface area contributed by atoms with Crippen LogP contribution < -0.4 is 0 Å². The van der Waals surface area contributed by atoms with Gasteiger partial charge in [0.2, 0.25) is 0 Å². The van der Waals surface area contributed by atoms with Crippen LogP contribution in [-0.4, -0.2) is 56.2 Å². The topological polar surface area (TPSA) is 56.1 Å². The third-order valence-corrected chi connectivity index (χ3v) is 7.28. The molecule has 174 valence electrons. The van der Waals surface area contributed by atoms with E-state index in [9.17, 15) is 0 Å². The highest BCUT2D eigenvalue weighted by Gasteiger charge is 2.23. The first-order chi connectivity index (χ1) is 16.8. The van der Waals surface area contributed by atoms with Gasteiger partial charge in [-0.2, -0.15) is 0 Å². The van der Waals surface area contributed by atoms with Crippen LogP contribution in [0.15, 0.2) is 84.3 Å². The van der Waals surface area contributed by atoms with Crippen LogP contribution in [0.5, 0.6) is 0 Å². The summed E-state index contributed by atoms with van der Waals surface area (Å²) >= 11 is 8.07. The Kier molecular flexibility index (Phi) is 7.56. The average Bonchev–Trinajstić information content (AvgIpc) is 3.28. The standard InChI is InChI=1S/C26H26ClN5OS/c27-24-9-5-4-8-22(24)17-31-14-15-33-23(18-31)19-34-26-30-29-25(21-10-12-28-13-11-21)32(26)16-20-6-2-1-3-7-20/h1-13,23H,14-19H2/t23-/m1/s1. The molecule has 0 saturated carbocycles. The third-order valence-electron chi connectivity index (χ3n) is 5.81. The number of halogens is 1. The third kappa shape index (κ3) is 5.67. The molecule has 4 aromatic rings. The van der Waals surface area contributed by atoms with E-state index in [4.69, 9.17) is 16.3 Å². The van der Waals surface area contributed by atoms with Gasteiger partial charge in [-0.15, -0.1) is 10.2 Å². The van der Waals surface area contributed by atoms with Crippen LogP contribution in [0.1, 0.15) is 11.1 Å². The van der Waals surface area contributed by atoms with Gasteiger partial charge >= 0.3 is 0 Å². The van der Waals surface area contributed by atoms with Gasteiger partial charge in [0.25, 0.3) is 0 Å². The van der Waals surface area contributed by atoms with Crippen LogP contribution in [0.3, 0.4) is 0 Å². The Morgan fingerprint density at radius 2 is 1.74 bits per heavy atom. The minimum atomic E-state index is 0.118. The molecular weight excluding hydrogens is 466 g/mol. The highest BCUT2D eigenvalue weighted by Crippen LogP contribution is 2.27. The quantitative estimate of drug-likeness (QED) is 0.322. The second kappa shape index (κ2) is 11.1. The Morgan fingerprint density at radius 3 is 2.56 bits per heavy atom. The van der Waals surface area contributed by atoms with Crippen molar-refractivity contribution in [1.29, 1.82) is 0 Å². The first-order valence-electron chi connectivity index (χ1n) is 11.3. The van der Waals surface area contributed by atoms with Crippen LogP contribution in [0.4, 0.5) is 0 Å². The van der Waals surface area contributed by atoms with Gasteiger partial charge in [0.15, 0.2) is 11.0 Å². The molecule has 34 heavy (non-hydrogen) atoms. The van der Waals surface area contributed by atoms with Crippen LogP contribution in [0.2, 0.25) is 5.02 Å². The number of rotatable bonds is 8. The normalized spacial score (nSPS) is 16.6. The minimum absolute atomic E-state index is 0.118. The zero-order valence-electron chi connectivity index (χ0n) is 18.8. The van der Waals surface area contributed by atoms with Crippen molar-refractivity contribution in [1.82, 2.24) is 24.6 Å². The average molecular weight is 492 g/mol. The first kappa shape index (κ1) is 23.1. The lowest BCUT2D eigenvalue weighted by Crippen LogP contribution is -2.43. The van der Waals surface area contributed by atoms with E-state index in [0.29, 0.717) is 13.2 Å². The summed E-state index contributed by atoms with van der Waals surface area (Å²) in [6, 6.07) is 22.4. The lowest BCUT2D eigenvalue weighted by atomic mass is 10.2. The molecule has 0 N–H and O–H groups in total. The first-order valence-corrected chi connectivity index (χ1v) is 12.7. The van der Waals surface area contributed by atoms with E-state index >= 15 is 0 Å². The number of nitrogens with zero attached hydrogens (tertiary/aromatic N) is 5. The van der Waals surface area contributed by atoms with Gasteiger partial charge in [0.1, 0.15) is 0 Å². The second-order valence-corrected chi connectivity index (χ2v) is 9.64. The molecule has 5 rings (SSSR count). The summed E-state index contributed by atoms with van der Waals surface area (Å²) in [6.07, 6.45) is 3.69. The Morgan fingerprint density at radius 1 is 0.941 bits per heavy atom. The predicted molar refractivity (Wildman–Crippen MR) is 136 cm³/mol. The summed E-state index contributed by atoms with van der Waals surface area (Å²) in [4.78, 5) is 6.55. The van der Waals surface area contributed by atoms with Crippen molar-refractivity contribution in [3.8, 4) is 11.4 Å². The molecule has 0 spiro atoms. The van der Waals surface area contributed by atoms with Crippen LogP contribution in [0.25, 0.3) is 11.4 Å². The highest BCUT2D eigenvalue weighted by molar-refractivity contribution is 7.99. The van der Waals surface area contributed by atoms with Crippen molar-refractivity contribution in [2.45, 2.75) is 24.3 Å². The van der Waals surface area contributed by atoms with Gasteiger partial charge in [-0.3, -0.25) is 14.5 Å². The van der Waals surface area contributed by atoms with Crippen molar-refractivity contribution >= 4 is 23.4 Å². The van der Waals surface area contributed by atoms with Crippen LogP contribution in [-0.2, 0) is 17.8 Å². The van der Waals surface area contributed by atoms with Crippen molar-refractivity contribution < 1.29 is 4.74 Å². The zero-order valence-corrected chi connectivity index (χ0v) is 20.3. The maximum atomic E-state index is 6.37. The number of morpholine rings is 1. The maximum Gasteiger partial charge on any atom is 0.191 e. The van der Waals surface area contributed by atoms with E-state index in [1.165, 1.54) is 5.56 Å². The molecule has 0 bridgehead atoms. The van der Waals surface area contributed by atoms with Gasteiger partial charge in [-0.1, -0.05) is 71.9 Å². The summed E-state index contributed by atoms with van der Waals surface area (Å²) in [6.45, 7) is 4.03. The number of benzene rings is 2. The van der Waals surface area contributed by atoms with Crippen molar-refractivity contribution in [3.05, 3.63) is 95.3 Å². The van der Waals surface area contributed by atoms with Gasteiger partial charge in [-0.25, -0.2) is 0 Å². The van der Waals surface area contributed by atoms with E-state index in [1.54, 1.807) is 24.2 Å². The van der Waals surface area contributed by atoms with E-state index in [-0.39, 0.29) is 6.10 Å². The minimum Gasteiger partial charge on any atom is -0.375 e. The molecule has 0 aliphatic carbocycles. The fourth-order valence-electron chi connectivity index (χ4n) is 4.08. The lowest BCUT2D eigenvalue weighted by molar-refractivity contribution is -0.0187. The molecular formula is C26H26ClN5OS. The molecule has 3 heterocycles. The Hall–Kier alpha value is -2.71. The molecule has 6 nitrogen and oxygen atoms in total. The van der Waals surface area contributed by atoms with Gasteiger partial charge < -0.3 is 4.74 Å². The number of hydrogen-bond donors (Lipinski definition) is 0. The Balaban J connectivity index is 1.29. The number of pyridine rings is 1. The molecule has 1 fully saturated rings. The maximum absolute atomic E-state index is 6.37. The number of aromatic nitrogens is 4. The molecule has 1 aliphatic heterocycles. The SMILES string of the molecule is Clc1ccccc1CN1CCO[C@@H](CSc2nnc(-c3ccncc3)n2Cc2ccccc2)C1. The fraction of sp³-hybridized carbons (Fsp3) is 0.269. The summed E-state index contributed by atoms with van der Waals surface area (Å²) in [5, 5.41) is 10.8. The van der Waals surface area contributed by atoms with E-state index < -0.39 is 0 Å². The molecule has 1 atom stereocenters. The highest BCUT2D eigenvalue weighted by atomic mass is 35.5. The molecule has 1 saturated heterocycles. The van der Waals surface area contributed by atoms with Crippen LogP contribution in [0, 0.1) is 0 Å². The molecule has 2 aromatic heterocycles. The van der Waals surface area contributed by atoms with Crippen LogP contribution >= 0.6 is 23.4 Å². The van der Waals surface area contributed by atoms with Gasteiger partial charge in [0.05, 0.1) is 19.3 Å². The molecule has 8 heteroatoms. The predicted octanol–water partition coefficient (Wildman–Crippen LogP) is 5.03. The Labute approximate surface area is 208 Å². The smallest absolute Gasteiger partial charge is 0.191 e. The lowest BCUT2D eigenvalue weighted by Gasteiger charge is -2.33. The van der Waals surface area contributed by atoms with E-state index in [1.807, 2.05) is 36.4 Å². The molecule has 0 amide bonds. The molecule has 1 aliphatic rings. The van der Waals surface area contributed by atoms with E-state index in [0.717, 1.165) is 52.5 Å². The Bertz CT molecular complexity index is 1200. The summed E-state index contributed by atoms with van der Waals surface area (Å²) in [5.41, 5.74) is 3.37. The van der Waals surface area contributed by atoms with Crippen molar-refractivity contribution in [2.24, 2.45) is 0 Å². The summed E-state index contributed by atoms with van der Waals surface area (Å²) < 4.78 is 8.27. The van der Waals surface area contributed by atoms with E-state index in [2.05, 4.69) is 55.0 Å². The number of ether oxygens (including phenoxy) is 1. The summed E-state index contributed by atoms with van der Waals surface area (Å²) in [5.74, 6) is 1.65. The second-order valence-electron chi connectivity index (χ2n) is 8.24. The molecule has 2 aromatic carbocycles.